The van der Waals surface area contributed by atoms with Crippen LogP contribution in [-0.2, 0) is 4.79 Å². The highest BCUT2D eigenvalue weighted by Gasteiger charge is 2.24. The highest BCUT2D eigenvalue weighted by atomic mass is 79.9. The average molecular weight is 401 g/mol. The largest absolute Gasteiger partial charge is 0.368 e. The summed E-state index contributed by atoms with van der Waals surface area (Å²) in [5, 5.41) is 2.86. The molecule has 0 aromatic heterocycles. The number of amides is 2. The van der Waals surface area contributed by atoms with Gasteiger partial charge in [0.2, 0.25) is 5.91 Å². The van der Waals surface area contributed by atoms with Gasteiger partial charge in [-0.2, -0.15) is 0 Å². The fourth-order valence-corrected chi connectivity index (χ4v) is 3.19. The fourth-order valence-electron chi connectivity index (χ4n) is 2.77. The molecule has 132 valence electrons. The zero-order valence-electron chi connectivity index (χ0n) is 13.8. The number of carbonyl (C=O) groups excluding carboxylic acids is 2. The van der Waals surface area contributed by atoms with E-state index in [4.69, 9.17) is 5.73 Å². The Bertz CT molecular complexity index is 631. The average Bonchev–Trinajstić information content (AvgIpc) is 2.45. The SMILES string of the molecule is CC(C)NC(=O)CN1CCN(c2cc(Br)cc(F)c2C(N)=O)CC1. The molecule has 2 amide bonds. The highest BCUT2D eigenvalue weighted by molar-refractivity contribution is 9.10. The summed E-state index contributed by atoms with van der Waals surface area (Å²) >= 11 is 3.25. The molecule has 1 aliphatic rings. The number of benzene rings is 1. The molecule has 1 fully saturated rings. The second kappa shape index (κ2) is 7.94. The third-order valence-corrected chi connectivity index (χ3v) is 4.27. The van der Waals surface area contributed by atoms with Crippen molar-refractivity contribution in [3.8, 4) is 0 Å². The molecule has 0 spiro atoms. The minimum atomic E-state index is -0.784. The third-order valence-electron chi connectivity index (χ3n) is 3.81. The summed E-state index contributed by atoms with van der Waals surface area (Å²) in [6, 6.07) is 3.04. The van der Waals surface area contributed by atoms with E-state index in [0.717, 1.165) is 0 Å². The lowest BCUT2D eigenvalue weighted by Gasteiger charge is -2.36. The number of piperazine rings is 1. The van der Waals surface area contributed by atoms with Gasteiger partial charge in [0.15, 0.2) is 0 Å². The number of rotatable bonds is 5. The van der Waals surface area contributed by atoms with E-state index < -0.39 is 11.7 Å². The summed E-state index contributed by atoms with van der Waals surface area (Å²) in [4.78, 5) is 27.4. The molecule has 8 heteroatoms. The van der Waals surface area contributed by atoms with E-state index in [1.807, 2.05) is 23.6 Å². The van der Waals surface area contributed by atoms with E-state index in [1.54, 1.807) is 6.07 Å². The third kappa shape index (κ3) is 4.67. The molecule has 0 unspecified atom stereocenters. The van der Waals surface area contributed by atoms with Crippen molar-refractivity contribution < 1.29 is 14.0 Å². The van der Waals surface area contributed by atoms with Gasteiger partial charge in [-0.3, -0.25) is 14.5 Å². The molecular formula is C16H22BrFN4O2. The first-order chi connectivity index (χ1) is 11.3. The predicted molar refractivity (Wildman–Crippen MR) is 94.5 cm³/mol. The smallest absolute Gasteiger partial charge is 0.253 e. The lowest BCUT2D eigenvalue weighted by Crippen LogP contribution is -2.50. The molecule has 0 aliphatic carbocycles. The second-order valence-corrected chi connectivity index (χ2v) is 7.05. The van der Waals surface area contributed by atoms with Crippen LogP contribution < -0.4 is 16.0 Å². The maximum Gasteiger partial charge on any atom is 0.253 e. The lowest BCUT2D eigenvalue weighted by atomic mass is 10.1. The summed E-state index contributed by atoms with van der Waals surface area (Å²) < 4.78 is 14.6. The number of hydrogen-bond donors (Lipinski definition) is 2. The number of nitrogens with one attached hydrogen (secondary N) is 1. The lowest BCUT2D eigenvalue weighted by molar-refractivity contribution is -0.122. The standard InChI is InChI=1S/C16H22BrFN4O2/c1-10(2)20-14(23)9-21-3-5-22(6-4-21)13-8-11(17)7-12(18)15(13)16(19)24/h7-8,10H,3-6,9H2,1-2H3,(H2,19,24)(H,20,23). The van der Waals surface area contributed by atoms with Crippen LogP contribution in [0.1, 0.15) is 24.2 Å². The predicted octanol–water partition coefficient (Wildman–Crippen LogP) is 1.33. The van der Waals surface area contributed by atoms with E-state index in [0.29, 0.717) is 42.9 Å². The molecule has 6 nitrogen and oxygen atoms in total. The maximum absolute atomic E-state index is 14.1. The molecule has 2 rings (SSSR count). The number of primary amides is 1. The van der Waals surface area contributed by atoms with Gasteiger partial charge in [0.1, 0.15) is 5.82 Å². The summed E-state index contributed by atoms with van der Waals surface area (Å²) in [5.41, 5.74) is 5.72. The number of nitrogens with zero attached hydrogens (tertiary/aromatic N) is 2. The zero-order valence-corrected chi connectivity index (χ0v) is 15.4. The first kappa shape index (κ1) is 18.7. The fraction of sp³-hybridized carbons (Fsp3) is 0.500. The Hall–Kier alpha value is -1.67. The van der Waals surface area contributed by atoms with Crippen molar-refractivity contribution in [2.75, 3.05) is 37.6 Å². The Balaban J connectivity index is 2.05. The highest BCUT2D eigenvalue weighted by Crippen LogP contribution is 2.28. The Kier molecular flexibility index (Phi) is 6.17. The van der Waals surface area contributed by atoms with Crippen molar-refractivity contribution in [3.05, 3.63) is 28.0 Å². The summed E-state index contributed by atoms with van der Waals surface area (Å²) in [5.74, 6) is -1.43. The number of hydrogen-bond acceptors (Lipinski definition) is 4. The first-order valence-electron chi connectivity index (χ1n) is 7.83. The molecule has 24 heavy (non-hydrogen) atoms. The Labute approximate surface area is 149 Å². The molecule has 1 aliphatic heterocycles. The van der Waals surface area contributed by atoms with Crippen LogP contribution in [0, 0.1) is 5.82 Å². The second-order valence-electron chi connectivity index (χ2n) is 6.13. The van der Waals surface area contributed by atoms with Gasteiger partial charge in [0, 0.05) is 36.7 Å². The van der Waals surface area contributed by atoms with Crippen LogP contribution in [0.4, 0.5) is 10.1 Å². The molecule has 1 heterocycles. The summed E-state index contributed by atoms with van der Waals surface area (Å²) in [6.07, 6.45) is 0. The van der Waals surface area contributed by atoms with E-state index in [2.05, 4.69) is 21.2 Å². The molecule has 1 aromatic rings. The van der Waals surface area contributed by atoms with Crippen LogP contribution >= 0.6 is 15.9 Å². The van der Waals surface area contributed by atoms with Crippen LogP contribution in [0.3, 0.4) is 0 Å². The molecule has 3 N–H and O–H groups in total. The van der Waals surface area contributed by atoms with Crippen molar-refractivity contribution in [1.29, 1.82) is 0 Å². The van der Waals surface area contributed by atoms with Gasteiger partial charge in [0.05, 0.1) is 17.8 Å². The molecule has 1 aromatic carbocycles. The van der Waals surface area contributed by atoms with E-state index in [9.17, 15) is 14.0 Å². The molecule has 1 saturated heterocycles. The van der Waals surface area contributed by atoms with Crippen LogP contribution in [-0.4, -0.2) is 55.5 Å². The quantitative estimate of drug-likeness (QED) is 0.781. The van der Waals surface area contributed by atoms with Gasteiger partial charge >= 0.3 is 0 Å². The Morgan fingerprint density at radius 2 is 1.92 bits per heavy atom. The zero-order chi connectivity index (χ0) is 17.9. The minimum Gasteiger partial charge on any atom is -0.368 e. The van der Waals surface area contributed by atoms with Gasteiger partial charge in [-0.1, -0.05) is 15.9 Å². The topological polar surface area (TPSA) is 78.7 Å². The Morgan fingerprint density at radius 3 is 2.46 bits per heavy atom. The normalized spacial score (nSPS) is 15.6. The van der Waals surface area contributed by atoms with Gasteiger partial charge in [0.25, 0.3) is 5.91 Å². The van der Waals surface area contributed by atoms with Crippen molar-refractivity contribution in [1.82, 2.24) is 10.2 Å². The number of nitrogens with two attached hydrogens (primary N) is 1. The first-order valence-corrected chi connectivity index (χ1v) is 8.62. The number of anilines is 1. The van der Waals surface area contributed by atoms with E-state index in [1.165, 1.54) is 6.07 Å². The van der Waals surface area contributed by atoms with Gasteiger partial charge < -0.3 is 16.0 Å². The molecule has 0 bridgehead atoms. The van der Waals surface area contributed by atoms with Crippen molar-refractivity contribution >= 4 is 33.4 Å². The van der Waals surface area contributed by atoms with E-state index >= 15 is 0 Å². The monoisotopic (exact) mass is 400 g/mol. The van der Waals surface area contributed by atoms with Crippen molar-refractivity contribution in [2.24, 2.45) is 5.73 Å². The van der Waals surface area contributed by atoms with Crippen LogP contribution in [0.5, 0.6) is 0 Å². The molecule has 0 saturated carbocycles. The van der Waals surface area contributed by atoms with Gasteiger partial charge in [-0.15, -0.1) is 0 Å². The molecule has 0 atom stereocenters. The summed E-state index contributed by atoms with van der Waals surface area (Å²) in [6.45, 7) is 6.65. The van der Waals surface area contributed by atoms with Crippen molar-refractivity contribution in [2.45, 2.75) is 19.9 Å². The van der Waals surface area contributed by atoms with Crippen LogP contribution in [0.15, 0.2) is 16.6 Å². The van der Waals surface area contributed by atoms with Crippen LogP contribution in [0.25, 0.3) is 0 Å². The number of carbonyl (C=O) groups is 2. The van der Waals surface area contributed by atoms with E-state index in [-0.39, 0.29) is 17.5 Å². The van der Waals surface area contributed by atoms with Crippen molar-refractivity contribution in [3.63, 3.8) is 0 Å². The van der Waals surface area contributed by atoms with Crippen LogP contribution in [0.2, 0.25) is 0 Å². The molecular weight excluding hydrogens is 379 g/mol. The van der Waals surface area contributed by atoms with Gasteiger partial charge in [-0.05, 0) is 26.0 Å². The Morgan fingerprint density at radius 1 is 1.29 bits per heavy atom. The maximum atomic E-state index is 14.1. The minimum absolute atomic E-state index is 0.00947. The number of halogens is 2. The van der Waals surface area contributed by atoms with Gasteiger partial charge in [-0.25, -0.2) is 4.39 Å². The summed E-state index contributed by atoms with van der Waals surface area (Å²) in [7, 11) is 0. The molecule has 0 radical (unpaired) electrons.